The van der Waals surface area contributed by atoms with Crippen LogP contribution in [-0.4, -0.2) is 15.4 Å². The summed E-state index contributed by atoms with van der Waals surface area (Å²) in [6.45, 7) is 2.77. The highest BCUT2D eigenvalue weighted by atomic mass is 35.5. The third-order valence-corrected chi connectivity index (χ3v) is 2.68. The predicted molar refractivity (Wildman–Crippen MR) is 67.5 cm³/mol. The first-order valence-electron chi connectivity index (χ1n) is 5.16. The molecule has 0 radical (unpaired) electrons. The lowest BCUT2D eigenvalue weighted by Crippen LogP contribution is -1.99. The lowest BCUT2D eigenvalue weighted by molar-refractivity contribution is 0.735. The SMILES string of the molecule is Cc1nc(-c2ccc(N)cc2)cn1CCCl. The summed E-state index contributed by atoms with van der Waals surface area (Å²) in [6.07, 6.45) is 2.02. The first kappa shape index (κ1) is 11.0. The summed E-state index contributed by atoms with van der Waals surface area (Å²) < 4.78 is 2.05. The van der Waals surface area contributed by atoms with Crippen LogP contribution < -0.4 is 5.73 Å². The molecule has 1 aromatic carbocycles. The van der Waals surface area contributed by atoms with Gasteiger partial charge >= 0.3 is 0 Å². The van der Waals surface area contributed by atoms with Crippen molar-refractivity contribution in [3.8, 4) is 11.3 Å². The molecule has 2 aromatic rings. The van der Waals surface area contributed by atoms with Crippen molar-refractivity contribution in [1.29, 1.82) is 0 Å². The number of rotatable bonds is 3. The van der Waals surface area contributed by atoms with Crippen molar-refractivity contribution >= 4 is 17.3 Å². The monoisotopic (exact) mass is 235 g/mol. The van der Waals surface area contributed by atoms with Gasteiger partial charge in [0.15, 0.2) is 0 Å². The Morgan fingerprint density at radius 3 is 2.62 bits per heavy atom. The van der Waals surface area contributed by atoms with Gasteiger partial charge in [0.05, 0.1) is 5.69 Å². The molecule has 4 heteroatoms. The van der Waals surface area contributed by atoms with Gasteiger partial charge in [-0.15, -0.1) is 11.6 Å². The van der Waals surface area contributed by atoms with Crippen molar-refractivity contribution in [2.24, 2.45) is 0 Å². The first-order chi connectivity index (χ1) is 7.70. The zero-order valence-electron chi connectivity index (χ0n) is 9.15. The van der Waals surface area contributed by atoms with Crippen LogP contribution in [0.15, 0.2) is 30.5 Å². The van der Waals surface area contributed by atoms with Crippen LogP contribution in [0.2, 0.25) is 0 Å². The Labute approximate surface area is 99.9 Å². The van der Waals surface area contributed by atoms with Gasteiger partial charge in [-0.3, -0.25) is 0 Å². The molecule has 0 aliphatic rings. The zero-order valence-corrected chi connectivity index (χ0v) is 9.91. The largest absolute Gasteiger partial charge is 0.399 e. The first-order valence-corrected chi connectivity index (χ1v) is 5.70. The van der Waals surface area contributed by atoms with Crippen LogP contribution in [0.4, 0.5) is 5.69 Å². The number of aromatic nitrogens is 2. The second-order valence-electron chi connectivity index (χ2n) is 3.68. The van der Waals surface area contributed by atoms with Crippen molar-refractivity contribution < 1.29 is 0 Å². The third kappa shape index (κ3) is 2.19. The summed E-state index contributed by atoms with van der Waals surface area (Å²) in [5.41, 5.74) is 8.44. The van der Waals surface area contributed by atoms with E-state index in [0.29, 0.717) is 5.88 Å². The average molecular weight is 236 g/mol. The highest BCUT2D eigenvalue weighted by Crippen LogP contribution is 2.19. The van der Waals surface area contributed by atoms with E-state index in [0.717, 1.165) is 29.3 Å². The normalized spacial score (nSPS) is 10.6. The fourth-order valence-corrected chi connectivity index (χ4v) is 1.80. The predicted octanol–water partition coefficient (Wildman–Crippen LogP) is 2.68. The Kier molecular flexibility index (Phi) is 3.15. The number of nitrogens with two attached hydrogens (primary N) is 1. The van der Waals surface area contributed by atoms with E-state index in [9.17, 15) is 0 Å². The number of nitrogen functional groups attached to an aromatic ring is 1. The molecule has 0 amide bonds. The van der Waals surface area contributed by atoms with E-state index in [2.05, 4.69) is 9.55 Å². The smallest absolute Gasteiger partial charge is 0.106 e. The zero-order chi connectivity index (χ0) is 11.5. The molecule has 0 aliphatic heterocycles. The molecular formula is C12H14ClN3. The van der Waals surface area contributed by atoms with Crippen molar-refractivity contribution in [3.05, 3.63) is 36.3 Å². The van der Waals surface area contributed by atoms with Gasteiger partial charge in [-0.05, 0) is 19.1 Å². The van der Waals surface area contributed by atoms with Crippen LogP contribution in [0.5, 0.6) is 0 Å². The van der Waals surface area contributed by atoms with Gasteiger partial charge in [0.1, 0.15) is 5.82 Å². The minimum absolute atomic E-state index is 0.596. The molecule has 1 heterocycles. The molecule has 84 valence electrons. The highest BCUT2D eigenvalue weighted by molar-refractivity contribution is 6.17. The minimum atomic E-state index is 0.596. The summed E-state index contributed by atoms with van der Waals surface area (Å²) in [4.78, 5) is 4.49. The Bertz CT molecular complexity index is 474. The number of hydrogen-bond acceptors (Lipinski definition) is 2. The fourth-order valence-electron chi connectivity index (χ4n) is 1.62. The number of nitrogens with zero attached hydrogens (tertiary/aromatic N) is 2. The van der Waals surface area contributed by atoms with E-state index >= 15 is 0 Å². The van der Waals surface area contributed by atoms with Crippen LogP contribution >= 0.6 is 11.6 Å². The molecule has 0 aliphatic carbocycles. The van der Waals surface area contributed by atoms with E-state index in [1.54, 1.807) is 0 Å². The third-order valence-electron chi connectivity index (χ3n) is 2.51. The molecule has 0 bridgehead atoms. The van der Waals surface area contributed by atoms with Crippen LogP contribution in [-0.2, 0) is 6.54 Å². The summed E-state index contributed by atoms with van der Waals surface area (Å²) in [7, 11) is 0. The molecule has 0 fully saturated rings. The summed E-state index contributed by atoms with van der Waals surface area (Å²) in [5.74, 6) is 1.57. The molecule has 0 saturated heterocycles. The molecule has 0 spiro atoms. The quantitative estimate of drug-likeness (QED) is 0.657. The number of benzene rings is 1. The maximum absolute atomic E-state index is 5.72. The Morgan fingerprint density at radius 1 is 1.31 bits per heavy atom. The van der Waals surface area contributed by atoms with Crippen LogP contribution in [0.3, 0.4) is 0 Å². The number of hydrogen-bond donors (Lipinski definition) is 1. The fraction of sp³-hybridized carbons (Fsp3) is 0.250. The summed E-state index contributed by atoms with van der Waals surface area (Å²) in [6, 6.07) is 7.71. The lowest BCUT2D eigenvalue weighted by Gasteiger charge is -1.99. The number of halogens is 1. The van der Waals surface area contributed by atoms with Crippen molar-refractivity contribution in [2.75, 3.05) is 11.6 Å². The van der Waals surface area contributed by atoms with Gasteiger partial charge in [-0.1, -0.05) is 12.1 Å². The van der Waals surface area contributed by atoms with Crippen LogP contribution in [0.1, 0.15) is 5.82 Å². The van der Waals surface area contributed by atoms with Crippen LogP contribution in [0, 0.1) is 6.92 Å². The molecule has 2 rings (SSSR count). The Morgan fingerprint density at radius 2 is 2.00 bits per heavy atom. The van der Waals surface area contributed by atoms with Crippen molar-refractivity contribution in [1.82, 2.24) is 9.55 Å². The molecule has 2 N–H and O–H groups in total. The van der Waals surface area contributed by atoms with Gasteiger partial charge in [-0.2, -0.15) is 0 Å². The Hall–Kier alpha value is -1.48. The number of imidazole rings is 1. The average Bonchev–Trinajstić information content (AvgIpc) is 2.62. The second kappa shape index (κ2) is 4.58. The van der Waals surface area contributed by atoms with Crippen molar-refractivity contribution in [2.45, 2.75) is 13.5 Å². The van der Waals surface area contributed by atoms with Gasteiger partial charge in [0.25, 0.3) is 0 Å². The maximum Gasteiger partial charge on any atom is 0.106 e. The van der Waals surface area contributed by atoms with Gasteiger partial charge in [-0.25, -0.2) is 4.98 Å². The van der Waals surface area contributed by atoms with E-state index in [1.807, 2.05) is 37.4 Å². The molecule has 0 atom stereocenters. The number of alkyl halides is 1. The molecule has 3 nitrogen and oxygen atoms in total. The topological polar surface area (TPSA) is 43.8 Å². The number of anilines is 1. The lowest BCUT2D eigenvalue weighted by atomic mass is 10.1. The summed E-state index contributed by atoms with van der Waals surface area (Å²) >= 11 is 5.72. The Balaban J connectivity index is 2.33. The molecule has 16 heavy (non-hydrogen) atoms. The molecule has 0 saturated carbocycles. The van der Waals surface area contributed by atoms with Crippen LogP contribution in [0.25, 0.3) is 11.3 Å². The van der Waals surface area contributed by atoms with Crippen molar-refractivity contribution in [3.63, 3.8) is 0 Å². The van der Waals surface area contributed by atoms with Gasteiger partial charge in [0, 0.05) is 29.9 Å². The molecular weight excluding hydrogens is 222 g/mol. The summed E-state index contributed by atoms with van der Waals surface area (Å²) in [5, 5.41) is 0. The van der Waals surface area contributed by atoms with E-state index in [-0.39, 0.29) is 0 Å². The van der Waals surface area contributed by atoms with E-state index in [1.165, 1.54) is 0 Å². The van der Waals surface area contributed by atoms with E-state index < -0.39 is 0 Å². The second-order valence-corrected chi connectivity index (χ2v) is 4.06. The number of aryl methyl sites for hydroxylation is 2. The molecule has 0 unspecified atom stereocenters. The standard InChI is InChI=1S/C12H14ClN3/c1-9-15-12(8-16(9)7-6-13)10-2-4-11(14)5-3-10/h2-5,8H,6-7,14H2,1H3. The van der Waals surface area contributed by atoms with E-state index in [4.69, 9.17) is 17.3 Å². The highest BCUT2D eigenvalue weighted by Gasteiger charge is 2.05. The van der Waals surface area contributed by atoms with Gasteiger partial charge in [0.2, 0.25) is 0 Å². The maximum atomic E-state index is 5.72. The van der Waals surface area contributed by atoms with Gasteiger partial charge < -0.3 is 10.3 Å². The minimum Gasteiger partial charge on any atom is -0.399 e. The molecule has 1 aromatic heterocycles.